The lowest BCUT2D eigenvalue weighted by Crippen LogP contribution is -2.27. The molecule has 2 heterocycles. The Balaban J connectivity index is 1.75. The predicted molar refractivity (Wildman–Crippen MR) is 99.6 cm³/mol. The Kier molecular flexibility index (Phi) is 6.19. The number of nitrogens with zero attached hydrogens (tertiary/aromatic N) is 5. The number of aryl methyl sites for hydroxylation is 1. The van der Waals surface area contributed by atoms with E-state index >= 15 is 0 Å². The highest BCUT2D eigenvalue weighted by atomic mass is 19.3. The van der Waals surface area contributed by atoms with Crippen LogP contribution in [-0.4, -0.2) is 49.2 Å². The first-order valence-electron chi connectivity index (χ1n) is 8.95. The van der Waals surface area contributed by atoms with Crippen molar-refractivity contribution in [1.29, 1.82) is 0 Å². The summed E-state index contributed by atoms with van der Waals surface area (Å²) in [5, 5.41) is 10.4. The predicted octanol–water partition coefficient (Wildman–Crippen LogP) is 2.50. The highest BCUT2D eigenvalue weighted by Gasteiger charge is 2.24. The van der Waals surface area contributed by atoms with Crippen LogP contribution in [0.25, 0.3) is 5.69 Å². The maximum Gasteiger partial charge on any atom is 0.387 e. The largest absolute Gasteiger partial charge is 0.453 e. The van der Waals surface area contributed by atoms with Crippen molar-refractivity contribution in [2.45, 2.75) is 40.0 Å². The number of aromatic nitrogens is 5. The fraction of sp³-hybridized carbons (Fsp3) is 0.316. The molecule has 9 nitrogen and oxygen atoms in total. The smallest absolute Gasteiger partial charge is 0.387 e. The number of Topliss-reactive ketones (excluding diaryl/α,β-unsaturated/α-hetero) is 1. The number of rotatable bonds is 8. The third-order valence-electron chi connectivity index (χ3n) is 4.38. The van der Waals surface area contributed by atoms with Gasteiger partial charge in [-0.1, -0.05) is 0 Å². The van der Waals surface area contributed by atoms with Gasteiger partial charge in [-0.05, 0) is 61.5 Å². The van der Waals surface area contributed by atoms with Crippen molar-refractivity contribution >= 4 is 11.8 Å². The number of alkyl halides is 2. The summed E-state index contributed by atoms with van der Waals surface area (Å²) in [6.45, 7) is 1.93. The van der Waals surface area contributed by atoms with Crippen molar-refractivity contribution in [2.75, 3.05) is 0 Å². The molecule has 3 aromatic rings. The van der Waals surface area contributed by atoms with E-state index in [9.17, 15) is 18.4 Å². The normalized spacial score (nSPS) is 12.1. The van der Waals surface area contributed by atoms with Gasteiger partial charge in [-0.15, -0.1) is 5.10 Å². The van der Waals surface area contributed by atoms with E-state index in [-0.39, 0.29) is 18.1 Å². The molecular formula is C19H19F2N5O4. The molecule has 0 aliphatic rings. The first-order chi connectivity index (χ1) is 14.3. The van der Waals surface area contributed by atoms with Crippen LogP contribution >= 0.6 is 0 Å². The Labute approximate surface area is 170 Å². The molecule has 1 atom stereocenters. The Morgan fingerprint density at radius 2 is 1.87 bits per heavy atom. The number of carbonyl (C=O) groups is 2. The second-order valence-corrected chi connectivity index (χ2v) is 6.50. The number of ketones is 1. The van der Waals surface area contributed by atoms with Crippen LogP contribution in [0, 0.1) is 13.8 Å². The van der Waals surface area contributed by atoms with Gasteiger partial charge in [0.25, 0.3) is 0 Å². The first kappa shape index (κ1) is 21.1. The average molecular weight is 419 g/mol. The number of halogens is 2. The molecular weight excluding hydrogens is 400 g/mol. The zero-order valence-corrected chi connectivity index (χ0v) is 16.5. The molecule has 0 aliphatic carbocycles. The molecule has 0 saturated carbocycles. The minimum Gasteiger partial charge on any atom is -0.453 e. The summed E-state index contributed by atoms with van der Waals surface area (Å²) >= 11 is 0. The molecule has 3 rings (SSSR count). The van der Waals surface area contributed by atoms with E-state index in [4.69, 9.17) is 4.74 Å². The van der Waals surface area contributed by atoms with Crippen LogP contribution < -0.4 is 4.74 Å². The van der Waals surface area contributed by atoms with Gasteiger partial charge in [0.05, 0.1) is 0 Å². The number of esters is 1. The van der Waals surface area contributed by atoms with Gasteiger partial charge >= 0.3 is 12.6 Å². The molecule has 0 spiro atoms. The molecule has 11 heteroatoms. The molecule has 0 fully saturated rings. The van der Waals surface area contributed by atoms with E-state index in [1.54, 1.807) is 29.7 Å². The third kappa shape index (κ3) is 4.67. The molecule has 0 radical (unpaired) electrons. The molecule has 2 aromatic heterocycles. The first-order valence-corrected chi connectivity index (χ1v) is 8.95. The molecule has 158 valence electrons. The van der Waals surface area contributed by atoms with Gasteiger partial charge < -0.3 is 14.0 Å². The molecule has 0 aliphatic heterocycles. The van der Waals surface area contributed by atoms with Gasteiger partial charge in [0.15, 0.2) is 6.10 Å². The lowest BCUT2D eigenvalue weighted by molar-refractivity contribution is -0.147. The topological polar surface area (TPSA) is 101 Å². The van der Waals surface area contributed by atoms with E-state index in [1.807, 2.05) is 6.92 Å². The SMILES string of the molecule is Cc1cc(C(=O)C(C)OC(=O)Cn2cnnn2)c(C)n1-c1ccc(OC(F)F)cc1. The Morgan fingerprint density at radius 1 is 1.17 bits per heavy atom. The summed E-state index contributed by atoms with van der Waals surface area (Å²) in [5.41, 5.74) is 2.45. The van der Waals surface area contributed by atoms with Crippen LogP contribution in [0.1, 0.15) is 28.7 Å². The van der Waals surface area contributed by atoms with Gasteiger partial charge in [0.2, 0.25) is 5.78 Å². The van der Waals surface area contributed by atoms with Crippen LogP contribution in [0.2, 0.25) is 0 Å². The zero-order valence-electron chi connectivity index (χ0n) is 16.5. The van der Waals surface area contributed by atoms with Gasteiger partial charge in [-0.2, -0.15) is 8.78 Å². The van der Waals surface area contributed by atoms with Crippen molar-refractivity contribution in [2.24, 2.45) is 0 Å². The standard InChI is InChI=1S/C19H19F2N5O4/c1-11-8-16(18(28)13(3)29-17(27)9-25-10-22-23-24-25)12(2)26(11)14-4-6-15(7-5-14)30-19(20)21/h4-8,10,13,19H,9H2,1-3H3. The van der Waals surface area contributed by atoms with Crippen LogP contribution in [0.3, 0.4) is 0 Å². The van der Waals surface area contributed by atoms with E-state index in [0.29, 0.717) is 16.9 Å². The monoisotopic (exact) mass is 419 g/mol. The summed E-state index contributed by atoms with van der Waals surface area (Å²) in [5.74, 6) is -0.973. The summed E-state index contributed by atoms with van der Waals surface area (Å²) < 4.78 is 37.2. The molecule has 0 saturated heterocycles. The number of carbonyl (C=O) groups excluding carboxylic acids is 2. The molecule has 30 heavy (non-hydrogen) atoms. The van der Waals surface area contributed by atoms with E-state index in [0.717, 1.165) is 5.69 Å². The van der Waals surface area contributed by atoms with Crippen molar-refractivity contribution in [3.63, 3.8) is 0 Å². The van der Waals surface area contributed by atoms with Crippen LogP contribution in [0.4, 0.5) is 8.78 Å². The fourth-order valence-electron chi connectivity index (χ4n) is 3.08. The molecule has 0 amide bonds. The van der Waals surface area contributed by atoms with Crippen molar-refractivity contribution in [3.8, 4) is 11.4 Å². The fourth-order valence-corrected chi connectivity index (χ4v) is 3.08. The molecule has 1 unspecified atom stereocenters. The number of hydrogen-bond acceptors (Lipinski definition) is 7. The highest BCUT2D eigenvalue weighted by molar-refractivity contribution is 6.01. The molecule has 0 bridgehead atoms. The quantitative estimate of drug-likeness (QED) is 0.408. The lowest BCUT2D eigenvalue weighted by atomic mass is 10.1. The maximum atomic E-state index is 12.8. The second-order valence-electron chi connectivity index (χ2n) is 6.50. The van der Waals surface area contributed by atoms with Gasteiger partial charge in [-0.3, -0.25) is 9.59 Å². The van der Waals surface area contributed by atoms with Gasteiger partial charge in [0.1, 0.15) is 18.6 Å². The minimum atomic E-state index is -2.90. The number of hydrogen-bond donors (Lipinski definition) is 0. The summed E-state index contributed by atoms with van der Waals surface area (Å²) in [4.78, 5) is 24.8. The van der Waals surface area contributed by atoms with E-state index in [2.05, 4.69) is 20.3 Å². The second kappa shape index (κ2) is 8.80. The Bertz CT molecular complexity index is 1030. The maximum absolute atomic E-state index is 12.8. The molecule has 1 aromatic carbocycles. The van der Waals surface area contributed by atoms with Crippen LogP contribution in [-0.2, 0) is 16.1 Å². The Morgan fingerprint density at radius 3 is 2.47 bits per heavy atom. The van der Waals surface area contributed by atoms with Gasteiger partial charge in [-0.25, -0.2) is 4.68 Å². The summed E-state index contributed by atoms with van der Waals surface area (Å²) in [6.07, 6.45) is 0.253. The van der Waals surface area contributed by atoms with Crippen LogP contribution in [0.15, 0.2) is 36.7 Å². The summed E-state index contributed by atoms with van der Waals surface area (Å²) in [7, 11) is 0. The van der Waals surface area contributed by atoms with Crippen molar-refractivity contribution < 1.29 is 27.8 Å². The van der Waals surface area contributed by atoms with Crippen LogP contribution in [0.5, 0.6) is 5.75 Å². The number of benzene rings is 1. The average Bonchev–Trinajstić information content (AvgIpc) is 3.29. The van der Waals surface area contributed by atoms with Crippen molar-refractivity contribution in [3.05, 3.63) is 53.6 Å². The summed E-state index contributed by atoms with van der Waals surface area (Å²) in [6, 6.07) is 7.76. The number of tetrazole rings is 1. The minimum absolute atomic E-state index is 0.0376. The third-order valence-corrected chi connectivity index (χ3v) is 4.38. The number of ether oxygens (including phenoxy) is 2. The Hall–Kier alpha value is -3.63. The lowest BCUT2D eigenvalue weighted by Gasteiger charge is -2.13. The van der Waals surface area contributed by atoms with Crippen molar-refractivity contribution in [1.82, 2.24) is 24.8 Å². The molecule has 0 N–H and O–H groups in total. The van der Waals surface area contributed by atoms with E-state index < -0.39 is 18.7 Å². The van der Waals surface area contributed by atoms with Gasteiger partial charge in [0, 0.05) is 22.6 Å². The van der Waals surface area contributed by atoms with E-state index in [1.165, 1.54) is 30.1 Å². The zero-order chi connectivity index (χ0) is 21.8. The highest BCUT2D eigenvalue weighted by Crippen LogP contribution is 2.24.